The predicted molar refractivity (Wildman–Crippen MR) is 59.0 cm³/mol. The molecule has 0 fully saturated rings. The fourth-order valence-corrected chi connectivity index (χ4v) is 2.01. The van der Waals surface area contributed by atoms with Gasteiger partial charge in [0.05, 0.1) is 6.61 Å². The summed E-state index contributed by atoms with van der Waals surface area (Å²) in [5.74, 6) is 0. The summed E-state index contributed by atoms with van der Waals surface area (Å²) in [5.41, 5.74) is 3.68. The van der Waals surface area contributed by atoms with E-state index in [1.54, 1.807) is 0 Å². The number of aliphatic hydroxyl groups excluding tert-OH is 1. The van der Waals surface area contributed by atoms with Crippen molar-refractivity contribution in [2.75, 3.05) is 0 Å². The maximum absolute atomic E-state index is 9.22. The molecule has 0 saturated heterocycles. The second kappa shape index (κ2) is 4.43. The Morgan fingerprint density at radius 1 is 1.21 bits per heavy atom. The lowest BCUT2D eigenvalue weighted by Crippen LogP contribution is -1.97. The Morgan fingerprint density at radius 3 is 3.00 bits per heavy atom. The van der Waals surface area contributed by atoms with E-state index < -0.39 is 0 Å². The molecule has 1 aliphatic rings. The molecule has 0 amide bonds. The van der Waals surface area contributed by atoms with Crippen molar-refractivity contribution in [1.29, 1.82) is 0 Å². The minimum absolute atomic E-state index is 0.146. The first kappa shape index (κ1) is 9.47. The molecule has 1 heteroatoms. The number of aryl methyl sites for hydroxylation is 1. The molecule has 0 heterocycles. The molecule has 0 unspecified atom stereocenters. The summed E-state index contributed by atoms with van der Waals surface area (Å²) in [4.78, 5) is 0. The van der Waals surface area contributed by atoms with E-state index >= 15 is 0 Å². The number of aliphatic hydroxyl groups is 1. The number of rotatable bonds is 1. The molecule has 0 radical (unpaired) electrons. The Bertz CT molecular complexity index is 339. The molecule has 0 saturated carbocycles. The van der Waals surface area contributed by atoms with Gasteiger partial charge in [-0.15, -0.1) is 0 Å². The van der Waals surface area contributed by atoms with Gasteiger partial charge in [-0.05, 0) is 42.4 Å². The minimum Gasteiger partial charge on any atom is -0.392 e. The number of benzene rings is 1. The Morgan fingerprint density at radius 2 is 2.14 bits per heavy atom. The van der Waals surface area contributed by atoms with Crippen molar-refractivity contribution in [2.24, 2.45) is 0 Å². The van der Waals surface area contributed by atoms with Gasteiger partial charge in [0, 0.05) is 0 Å². The van der Waals surface area contributed by atoms with Crippen molar-refractivity contribution in [1.82, 2.24) is 0 Å². The molecule has 1 aromatic rings. The Labute approximate surface area is 85.1 Å². The van der Waals surface area contributed by atoms with Crippen LogP contribution in [-0.4, -0.2) is 5.11 Å². The second-order valence-electron chi connectivity index (χ2n) is 3.80. The molecule has 0 spiro atoms. The molecular formula is C13H16O. The van der Waals surface area contributed by atoms with Crippen molar-refractivity contribution in [3.05, 3.63) is 41.0 Å². The van der Waals surface area contributed by atoms with E-state index in [1.165, 1.54) is 30.4 Å². The second-order valence-corrected chi connectivity index (χ2v) is 3.80. The van der Waals surface area contributed by atoms with Crippen LogP contribution >= 0.6 is 0 Å². The zero-order chi connectivity index (χ0) is 9.80. The van der Waals surface area contributed by atoms with Gasteiger partial charge in [-0.1, -0.05) is 30.4 Å². The van der Waals surface area contributed by atoms with Gasteiger partial charge in [-0.2, -0.15) is 0 Å². The van der Waals surface area contributed by atoms with E-state index in [1.807, 2.05) is 12.1 Å². The quantitative estimate of drug-likeness (QED) is 0.718. The number of fused-ring (bicyclic) bond motifs is 1. The van der Waals surface area contributed by atoms with Gasteiger partial charge in [0.1, 0.15) is 0 Å². The van der Waals surface area contributed by atoms with Crippen LogP contribution in [0.1, 0.15) is 36.0 Å². The van der Waals surface area contributed by atoms with Crippen LogP contribution in [0.25, 0.3) is 6.08 Å². The molecule has 14 heavy (non-hydrogen) atoms. The van der Waals surface area contributed by atoms with E-state index in [4.69, 9.17) is 0 Å². The minimum atomic E-state index is 0.146. The van der Waals surface area contributed by atoms with E-state index in [9.17, 15) is 5.11 Å². The molecule has 0 aromatic heterocycles. The summed E-state index contributed by atoms with van der Waals surface area (Å²) in [7, 11) is 0. The largest absolute Gasteiger partial charge is 0.392 e. The highest BCUT2D eigenvalue weighted by Crippen LogP contribution is 2.22. The Hall–Kier alpha value is -1.08. The Balaban J connectivity index is 2.44. The molecule has 1 N–H and O–H groups in total. The van der Waals surface area contributed by atoms with Crippen LogP contribution in [0, 0.1) is 0 Å². The third-order valence-electron chi connectivity index (χ3n) is 2.81. The van der Waals surface area contributed by atoms with Gasteiger partial charge < -0.3 is 5.11 Å². The third kappa shape index (κ3) is 1.88. The predicted octanol–water partition coefficient (Wildman–Crippen LogP) is 2.92. The van der Waals surface area contributed by atoms with Crippen LogP contribution in [0.2, 0.25) is 0 Å². The molecule has 2 rings (SSSR count). The van der Waals surface area contributed by atoms with Gasteiger partial charge in [-0.3, -0.25) is 0 Å². The van der Waals surface area contributed by atoms with E-state index in [2.05, 4.69) is 18.2 Å². The van der Waals surface area contributed by atoms with Crippen LogP contribution in [0.15, 0.2) is 24.3 Å². The highest BCUT2D eigenvalue weighted by molar-refractivity contribution is 5.58. The van der Waals surface area contributed by atoms with Crippen LogP contribution in [-0.2, 0) is 13.0 Å². The van der Waals surface area contributed by atoms with Gasteiger partial charge in [0.2, 0.25) is 0 Å². The number of hydrogen-bond donors (Lipinski definition) is 1. The van der Waals surface area contributed by atoms with Gasteiger partial charge in [0.15, 0.2) is 0 Å². The first-order chi connectivity index (χ1) is 6.92. The molecule has 1 aliphatic carbocycles. The topological polar surface area (TPSA) is 20.2 Å². The summed E-state index contributed by atoms with van der Waals surface area (Å²) >= 11 is 0. The van der Waals surface area contributed by atoms with E-state index in [0.717, 1.165) is 12.0 Å². The smallest absolute Gasteiger partial charge is 0.0687 e. The SMILES string of the molecule is OCc1cccc2c1/C=C\CCCC2. The zero-order valence-electron chi connectivity index (χ0n) is 8.37. The maximum atomic E-state index is 9.22. The lowest BCUT2D eigenvalue weighted by Gasteiger charge is -2.12. The van der Waals surface area contributed by atoms with Crippen molar-refractivity contribution >= 4 is 6.08 Å². The fourth-order valence-electron chi connectivity index (χ4n) is 2.01. The normalized spacial score (nSPS) is 18.1. The molecular weight excluding hydrogens is 172 g/mol. The monoisotopic (exact) mass is 188 g/mol. The maximum Gasteiger partial charge on any atom is 0.0687 e. The van der Waals surface area contributed by atoms with Gasteiger partial charge >= 0.3 is 0 Å². The lowest BCUT2D eigenvalue weighted by molar-refractivity contribution is 0.281. The first-order valence-corrected chi connectivity index (χ1v) is 5.30. The summed E-state index contributed by atoms with van der Waals surface area (Å²) in [6.07, 6.45) is 9.23. The molecule has 0 atom stereocenters. The van der Waals surface area contributed by atoms with Crippen molar-refractivity contribution < 1.29 is 5.11 Å². The number of hydrogen-bond acceptors (Lipinski definition) is 1. The van der Waals surface area contributed by atoms with Crippen molar-refractivity contribution in [3.8, 4) is 0 Å². The third-order valence-corrected chi connectivity index (χ3v) is 2.81. The first-order valence-electron chi connectivity index (χ1n) is 5.30. The summed E-state index contributed by atoms with van der Waals surface area (Å²) in [5, 5.41) is 9.22. The van der Waals surface area contributed by atoms with E-state index in [0.29, 0.717) is 0 Å². The molecule has 0 aliphatic heterocycles. The fraction of sp³-hybridized carbons (Fsp3) is 0.385. The molecule has 74 valence electrons. The van der Waals surface area contributed by atoms with Crippen LogP contribution < -0.4 is 0 Å². The molecule has 1 nitrogen and oxygen atoms in total. The molecule has 1 aromatic carbocycles. The highest BCUT2D eigenvalue weighted by Gasteiger charge is 2.06. The standard InChI is InChI=1S/C13H16O/c14-10-12-8-5-7-11-6-3-1-2-4-9-13(11)12/h4-5,7-9,14H,1-3,6,10H2/b9-4-. The average molecular weight is 188 g/mol. The van der Waals surface area contributed by atoms with E-state index in [-0.39, 0.29) is 6.61 Å². The summed E-state index contributed by atoms with van der Waals surface area (Å²) in [6, 6.07) is 6.22. The van der Waals surface area contributed by atoms with Gasteiger partial charge in [-0.25, -0.2) is 0 Å². The van der Waals surface area contributed by atoms with Crippen LogP contribution in [0.4, 0.5) is 0 Å². The zero-order valence-corrected chi connectivity index (χ0v) is 8.37. The summed E-state index contributed by atoms with van der Waals surface area (Å²) in [6.45, 7) is 0.146. The van der Waals surface area contributed by atoms with Crippen LogP contribution in [0.3, 0.4) is 0 Å². The van der Waals surface area contributed by atoms with Gasteiger partial charge in [0.25, 0.3) is 0 Å². The lowest BCUT2D eigenvalue weighted by atomic mass is 9.94. The van der Waals surface area contributed by atoms with Crippen molar-refractivity contribution in [3.63, 3.8) is 0 Å². The molecule has 0 bridgehead atoms. The average Bonchev–Trinajstić information content (AvgIpc) is 2.18. The highest BCUT2D eigenvalue weighted by atomic mass is 16.3. The summed E-state index contributed by atoms with van der Waals surface area (Å²) < 4.78 is 0. The Kier molecular flexibility index (Phi) is 3.00. The number of allylic oxidation sites excluding steroid dienone is 1. The van der Waals surface area contributed by atoms with Crippen LogP contribution in [0.5, 0.6) is 0 Å². The van der Waals surface area contributed by atoms with Crippen molar-refractivity contribution in [2.45, 2.75) is 32.3 Å².